The van der Waals surface area contributed by atoms with Crippen LogP contribution in [0.5, 0.6) is 0 Å². The van der Waals surface area contributed by atoms with E-state index in [0.29, 0.717) is 6.04 Å². The van der Waals surface area contributed by atoms with Gasteiger partial charge in [-0.2, -0.15) is 0 Å². The quantitative estimate of drug-likeness (QED) is 0.863. The second-order valence-corrected chi connectivity index (χ2v) is 5.15. The summed E-state index contributed by atoms with van der Waals surface area (Å²) in [5.74, 6) is 0. The summed E-state index contributed by atoms with van der Waals surface area (Å²) in [5.41, 5.74) is 8.95. The number of rotatable bonds is 5. The van der Waals surface area contributed by atoms with E-state index < -0.39 is 0 Å². The molecular formula is C16H24N2. The van der Waals surface area contributed by atoms with Crippen LogP contribution in [-0.4, -0.2) is 30.6 Å². The number of nitrogens with two attached hydrogens (primary N) is 1. The Morgan fingerprint density at radius 1 is 1.28 bits per heavy atom. The zero-order chi connectivity index (χ0) is 12.8. The molecule has 0 saturated heterocycles. The molecule has 2 heteroatoms. The smallest absolute Gasteiger partial charge is 0.0169 e. The van der Waals surface area contributed by atoms with Crippen LogP contribution in [0.1, 0.15) is 31.7 Å². The first-order valence-electron chi connectivity index (χ1n) is 7.02. The van der Waals surface area contributed by atoms with Gasteiger partial charge in [0.2, 0.25) is 0 Å². The maximum atomic E-state index is 6.10. The number of hydrogen-bond donors (Lipinski definition) is 1. The minimum atomic E-state index is 0.335. The molecule has 1 aliphatic rings. The van der Waals surface area contributed by atoms with E-state index in [4.69, 9.17) is 5.73 Å². The molecule has 1 aliphatic heterocycles. The molecule has 0 aromatic heterocycles. The normalized spacial score (nSPS) is 18.4. The van der Waals surface area contributed by atoms with E-state index in [2.05, 4.69) is 48.2 Å². The summed E-state index contributed by atoms with van der Waals surface area (Å²) in [6.07, 6.45) is 5.81. The lowest BCUT2D eigenvalue weighted by atomic mass is 9.99. The Hall–Kier alpha value is -1.12. The first-order valence-corrected chi connectivity index (χ1v) is 7.02. The van der Waals surface area contributed by atoms with E-state index in [-0.39, 0.29) is 0 Å². The predicted molar refractivity (Wildman–Crippen MR) is 78.4 cm³/mol. The Bertz CT molecular complexity index is 383. The molecule has 0 bridgehead atoms. The highest BCUT2D eigenvalue weighted by molar-refractivity contribution is 5.66. The van der Waals surface area contributed by atoms with Crippen molar-refractivity contribution in [1.29, 1.82) is 0 Å². The summed E-state index contributed by atoms with van der Waals surface area (Å²) in [7, 11) is 0. The lowest BCUT2D eigenvalue weighted by Crippen LogP contribution is -2.39. The van der Waals surface area contributed by atoms with Crippen LogP contribution in [-0.2, 0) is 0 Å². The molecule has 0 radical (unpaired) electrons. The van der Waals surface area contributed by atoms with Crippen LogP contribution in [0.3, 0.4) is 0 Å². The van der Waals surface area contributed by atoms with Gasteiger partial charge in [0.05, 0.1) is 0 Å². The molecule has 0 amide bonds. The molecule has 2 rings (SSSR count). The number of benzene rings is 1. The number of nitrogens with zero attached hydrogens (tertiary/aromatic N) is 1. The van der Waals surface area contributed by atoms with Gasteiger partial charge in [-0.05, 0) is 24.0 Å². The molecule has 1 atom stereocenters. The van der Waals surface area contributed by atoms with Gasteiger partial charge in [-0.1, -0.05) is 49.8 Å². The van der Waals surface area contributed by atoms with Crippen molar-refractivity contribution >= 4 is 5.57 Å². The van der Waals surface area contributed by atoms with Crippen molar-refractivity contribution in [3.8, 4) is 0 Å². The highest BCUT2D eigenvalue weighted by Crippen LogP contribution is 2.21. The molecule has 18 heavy (non-hydrogen) atoms. The van der Waals surface area contributed by atoms with Crippen molar-refractivity contribution in [3.05, 3.63) is 42.0 Å². The summed E-state index contributed by atoms with van der Waals surface area (Å²) in [5, 5.41) is 0. The fourth-order valence-electron chi connectivity index (χ4n) is 2.59. The van der Waals surface area contributed by atoms with Crippen molar-refractivity contribution in [2.45, 2.75) is 32.2 Å². The van der Waals surface area contributed by atoms with Crippen molar-refractivity contribution in [2.24, 2.45) is 5.73 Å². The maximum Gasteiger partial charge on any atom is 0.0169 e. The molecule has 2 N–H and O–H groups in total. The van der Waals surface area contributed by atoms with E-state index in [1.54, 1.807) is 0 Å². The van der Waals surface area contributed by atoms with Crippen LogP contribution >= 0.6 is 0 Å². The summed E-state index contributed by atoms with van der Waals surface area (Å²) in [6, 6.07) is 11.0. The minimum Gasteiger partial charge on any atom is -0.327 e. The largest absolute Gasteiger partial charge is 0.327 e. The third-order valence-corrected chi connectivity index (χ3v) is 3.59. The highest BCUT2D eigenvalue weighted by Gasteiger charge is 2.14. The SMILES string of the molecule is CCC[C@H](N)CN1CC=C(c2ccccc2)CC1. The first kappa shape index (κ1) is 13.3. The summed E-state index contributed by atoms with van der Waals surface area (Å²) in [6.45, 7) is 5.41. The highest BCUT2D eigenvalue weighted by atomic mass is 15.1. The van der Waals surface area contributed by atoms with Crippen LogP contribution in [0, 0.1) is 0 Å². The summed E-state index contributed by atoms with van der Waals surface area (Å²) in [4.78, 5) is 2.47. The van der Waals surface area contributed by atoms with Gasteiger partial charge in [-0.15, -0.1) is 0 Å². The van der Waals surface area contributed by atoms with Gasteiger partial charge in [0.25, 0.3) is 0 Å². The molecule has 0 fully saturated rings. The van der Waals surface area contributed by atoms with Gasteiger partial charge >= 0.3 is 0 Å². The van der Waals surface area contributed by atoms with E-state index in [1.165, 1.54) is 17.6 Å². The zero-order valence-electron chi connectivity index (χ0n) is 11.3. The van der Waals surface area contributed by atoms with Gasteiger partial charge in [0, 0.05) is 25.7 Å². The average Bonchev–Trinajstić information content (AvgIpc) is 2.41. The first-order chi connectivity index (χ1) is 8.79. The third kappa shape index (κ3) is 3.69. The van der Waals surface area contributed by atoms with Crippen molar-refractivity contribution in [3.63, 3.8) is 0 Å². The molecular weight excluding hydrogens is 220 g/mol. The Morgan fingerprint density at radius 3 is 2.67 bits per heavy atom. The van der Waals surface area contributed by atoms with E-state index in [1.807, 2.05) is 0 Å². The molecule has 0 unspecified atom stereocenters. The molecule has 0 aliphatic carbocycles. The van der Waals surface area contributed by atoms with Gasteiger partial charge in [0.1, 0.15) is 0 Å². The van der Waals surface area contributed by atoms with Gasteiger partial charge in [-0.3, -0.25) is 4.90 Å². The Kier molecular flexibility index (Phi) is 4.97. The maximum absolute atomic E-state index is 6.10. The van der Waals surface area contributed by atoms with Crippen molar-refractivity contribution in [1.82, 2.24) is 4.90 Å². The van der Waals surface area contributed by atoms with E-state index in [9.17, 15) is 0 Å². The Balaban J connectivity index is 1.88. The fourth-order valence-corrected chi connectivity index (χ4v) is 2.59. The number of hydrogen-bond acceptors (Lipinski definition) is 2. The fraction of sp³-hybridized carbons (Fsp3) is 0.500. The molecule has 0 spiro atoms. The van der Waals surface area contributed by atoms with Crippen molar-refractivity contribution in [2.75, 3.05) is 19.6 Å². The topological polar surface area (TPSA) is 29.3 Å². The van der Waals surface area contributed by atoms with Crippen LogP contribution in [0.15, 0.2) is 36.4 Å². The zero-order valence-corrected chi connectivity index (χ0v) is 11.3. The molecule has 2 nitrogen and oxygen atoms in total. The minimum absolute atomic E-state index is 0.335. The summed E-state index contributed by atoms with van der Waals surface area (Å²) >= 11 is 0. The van der Waals surface area contributed by atoms with Crippen LogP contribution in [0.2, 0.25) is 0 Å². The second kappa shape index (κ2) is 6.72. The van der Waals surface area contributed by atoms with E-state index in [0.717, 1.165) is 32.5 Å². The third-order valence-electron chi connectivity index (χ3n) is 3.59. The molecule has 1 aromatic rings. The molecule has 98 valence electrons. The Labute approximate surface area is 110 Å². The van der Waals surface area contributed by atoms with Crippen molar-refractivity contribution < 1.29 is 0 Å². The lowest BCUT2D eigenvalue weighted by molar-refractivity contribution is 0.276. The summed E-state index contributed by atoms with van der Waals surface area (Å²) < 4.78 is 0. The molecule has 1 heterocycles. The van der Waals surface area contributed by atoms with Crippen LogP contribution < -0.4 is 5.73 Å². The molecule has 1 aromatic carbocycles. The Morgan fingerprint density at radius 2 is 2.06 bits per heavy atom. The monoisotopic (exact) mass is 244 g/mol. The lowest BCUT2D eigenvalue weighted by Gasteiger charge is -2.28. The second-order valence-electron chi connectivity index (χ2n) is 5.15. The van der Waals surface area contributed by atoms with Crippen LogP contribution in [0.25, 0.3) is 5.57 Å². The van der Waals surface area contributed by atoms with Crippen LogP contribution in [0.4, 0.5) is 0 Å². The predicted octanol–water partition coefficient (Wildman–Crippen LogP) is 2.90. The standard InChI is InChI=1S/C16H24N2/c1-2-6-16(17)13-18-11-9-15(10-12-18)14-7-4-3-5-8-14/h3-5,7-9,16H,2,6,10-13,17H2,1H3/t16-/m0/s1. The van der Waals surface area contributed by atoms with Gasteiger partial charge in [-0.25, -0.2) is 0 Å². The van der Waals surface area contributed by atoms with Gasteiger partial charge < -0.3 is 5.73 Å². The average molecular weight is 244 g/mol. The van der Waals surface area contributed by atoms with E-state index >= 15 is 0 Å². The van der Waals surface area contributed by atoms with Gasteiger partial charge in [0.15, 0.2) is 0 Å². The molecule has 0 saturated carbocycles.